The summed E-state index contributed by atoms with van der Waals surface area (Å²) in [7, 11) is 0. The molecular formula is C12H16BrNO2. The van der Waals surface area contributed by atoms with Crippen molar-refractivity contribution in [3.8, 4) is 5.75 Å². The lowest BCUT2D eigenvalue weighted by Crippen LogP contribution is -2.10. The van der Waals surface area contributed by atoms with E-state index in [1.807, 2.05) is 12.1 Å². The molecule has 0 aliphatic carbocycles. The molecular weight excluding hydrogens is 270 g/mol. The van der Waals surface area contributed by atoms with Crippen LogP contribution in [0.4, 0.5) is 0 Å². The first kappa shape index (κ1) is 11.9. The van der Waals surface area contributed by atoms with Gasteiger partial charge in [-0.05, 0) is 25.0 Å². The highest BCUT2D eigenvalue weighted by Crippen LogP contribution is 2.16. The summed E-state index contributed by atoms with van der Waals surface area (Å²) < 4.78 is 11.1. The van der Waals surface area contributed by atoms with Crippen LogP contribution in [0, 0.1) is 0 Å². The average molecular weight is 286 g/mol. The van der Waals surface area contributed by atoms with E-state index in [1.54, 1.807) is 6.20 Å². The van der Waals surface area contributed by atoms with Gasteiger partial charge < -0.3 is 9.47 Å². The fraction of sp³-hybridized carbons (Fsp3) is 0.583. The summed E-state index contributed by atoms with van der Waals surface area (Å²) in [6.45, 7) is 1.62. The molecule has 16 heavy (non-hydrogen) atoms. The molecule has 1 aliphatic heterocycles. The number of hydrogen-bond donors (Lipinski definition) is 0. The maximum atomic E-state index is 5.61. The zero-order valence-electron chi connectivity index (χ0n) is 9.19. The summed E-state index contributed by atoms with van der Waals surface area (Å²) in [6, 6.07) is 3.93. The van der Waals surface area contributed by atoms with E-state index in [9.17, 15) is 0 Å². The number of aromatic nitrogens is 1. The standard InChI is InChI=1S/C12H16BrNO2/c13-8-10-3-4-12(9-14-10)16-7-5-11-2-1-6-15-11/h3-4,9,11H,1-2,5-8H2. The minimum Gasteiger partial charge on any atom is -0.492 e. The van der Waals surface area contributed by atoms with Crippen LogP contribution in [-0.4, -0.2) is 24.3 Å². The first-order valence-electron chi connectivity index (χ1n) is 5.64. The molecule has 1 aliphatic rings. The van der Waals surface area contributed by atoms with Crippen molar-refractivity contribution in [3.63, 3.8) is 0 Å². The van der Waals surface area contributed by atoms with Gasteiger partial charge in [-0.15, -0.1) is 0 Å². The van der Waals surface area contributed by atoms with E-state index in [0.717, 1.165) is 29.8 Å². The quantitative estimate of drug-likeness (QED) is 0.780. The van der Waals surface area contributed by atoms with Gasteiger partial charge in [0.2, 0.25) is 0 Å². The number of rotatable bonds is 5. The predicted molar refractivity (Wildman–Crippen MR) is 66.0 cm³/mol. The zero-order valence-corrected chi connectivity index (χ0v) is 10.8. The number of nitrogens with zero attached hydrogens (tertiary/aromatic N) is 1. The van der Waals surface area contributed by atoms with Crippen molar-refractivity contribution in [2.24, 2.45) is 0 Å². The summed E-state index contributed by atoms with van der Waals surface area (Å²) in [5.41, 5.74) is 1.02. The third-order valence-corrected chi connectivity index (χ3v) is 3.24. The average Bonchev–Trinajstić information content (AvgIpc) is 2.83. The second-order valence-corrected chi connectivity index (χ2v) is 4.45. The third kappa shape index (κ3) is 3.46. The second-order valence-electron chi connectivity index (χ2n) is 3.89. The number of ether oxygens (including phenoxy) is 2. The molecule has 1 saturated heterocycles. The highest BCUT2D eigenvalue weighted by Gasteiger charge is 2.14. The molecule has 0 spiro atoms. The summed E-state index contributed by atoms with van der Waals surface area (Å²) in [5, 5.41) is 0.781. The first-order valence-corrected chi connectivity index (χ1v) is 6.76. The van der Waals surface area contributed by atoms with Gasteiger partial charge in [-0.1, -0.05) is 15.9 Å². The largest absolute Gasteiger partial charge is 0.492 e. The molecule has 1 atom stereocenters. The maximum Gasteiger partial charge on any atom is 0.137 e. The van der Waals surface area contributed by atoms with Crippen LogP contribution < -0.4 is 4.74 Å². The van der Waals surface area contributed by atoms with Crippen LogP contribution in [0.25, 0.3) is 0 Å². The van der Waals surface area contributed by atoms with E-state index in [1.165, 1.54) is 12.8 Å². The Morgan fingerprint density at radius 2 is 2.44 bits per heavy atom. The number of alkyl halides is 1. The summed E-state index contributed by atoms with van der Waals surface area (Å²) >= 11 is 3.36. The van der Waals surface area contributed by atoms with Crippen LogP contribution in [-0.2, 0) is 10.1 Å². The van der Waals surface area contributed by atoms with E-state index >= 15 is 0 Å². The van der Waals surface area contributed by atoms with Gasteiger partial charge in [0.05, 0.1) is 24.6 Å². The fourth-order valence-corrected chi connectivity index (χ4v) is 2.09. The topological polar surface area (TPSA) is 31.4 Å². The van der Waals surface area contributed by atoms with E-state index in [4.69, 9.17) is 9.47 Å². The van der Waals surface area contributed by atoms with Crippen molar-refractivity contribution in [3.05, 3.63) is 24.0 Å². The lowest BCUT2D eigenvalue weighted by molar-refractivity contribution is 0.0903. The van der Waals surface area contributed by atoms with Crippen molar-refractivity contribution in [2.45, 2.75) is 30.7 Å². The van der Waals surface area contributed by atoms with E-state index in [-0.39, 0.29) is 0 Å². The monoisotopic (exact) mass is 285 g/mol. The van der Waals surface area contributed by atoms with Crippen LogP contribution in [0.15, 0.2) is 18.3 Å². The molecule has 1 aromatic rings. The zero-order chi connectivity index (χ0) is 11.2. The molecule has 3 nitrogen and oxygen atoms in total. The maximum absolute atomic E-state index is 5.61. The Hall–Kier alpha value is -0.610. The Balaban J connectivity index is 1.71. The number of pyridine rings is 1. The van der Waals surface area contributed by atoms with Crippen molar-refractivity contribution in [1.82, 2.24) is 4.98 Å². The van der Waals surface area contributed by atoms with E-state index < -0.39 is 0 Å². The molecule has 0 aromatic carbocycles. The van der Waals surface area contributed by atoms with Gasteiger partial charge >= 0.3 is 0 Å². The minimum atomic E-state index is 0.398. The van der Waals surface area contributed by atoms with Crippen LogP contribution in [0.1, 0.15) is 25.0 Å². The molecule has 2 rings (SSSR count). The van der Waals surface area contributed by atoms with Gasteiger partial charge in [-0.25, -0.2) is 0 Å². The molecule has 1 fully saturated rings. The Labute approximate surface area is 104 Å². The van der Waals surface area contributed by atoms with Crippen molar-refractivity contribution < 1.29 is 9.47 Å². The van der Waals surface area contributed by atoms with Crippen molar-refractivity contribution in [2.75, 3.05) is 13.2 Å². The summed E-state index contributed by atoms with van der Waals surface area (Å²) in [5.74, 6) is 0.836. The molecule has 2 heterocycles. The highest BCUT2D eigenvalue weighted by molar-refractivity contribution is 9.08. The Kier molecular flexibility index (Phi) is 4.60. The normalized spacial score (nSPS) is 19.9. The van der Waals surface area contributed by atoms with Gasteiger partial charge in [0.25, 0.3) is 0 Å². The minimum absolute atomic E-state index is 0.398. The van der Waals surface area contributed by atoms with Crippen LogP contribution >= 0.6 is 15.9 Å². The lowest BCUT2D eigenvalue weighted by atomic mass is 10.2. The second kappa shape index (κ2) is 6.21. The van der Waals surface area contributed by atoms with Crippen LogP contribution in [0.2, 0.25) is 0 Å². The van der Waals surface area contributed by atoms with E-state index in [0.29, 0.717) is 12.7 Å². The highest BCUT2D eigenvalue weighted by atomic mass is 79.9. The van der Waals surface area contributed by atoms with Gasteiger partial charge in [0, 0.05) is 18.4 Å². The molecule has 4 heteroatoms. The molecule has 0 bridgehead atoms. The van der Waals surface area contributed by atoms with Gasteiger partial charge in [0.1, 0.15) is 5.75 Å². The summed E-state index contributed by atoms with van der Waals surface area (Å²) in [4.78, 5) is 4.24. The van der Waals surface area contributed by atoms with Crippen molar-refractivity contribution >= 4 is 15.9 Å². The smallest absolute Gasteiger partial charge is 0.137 e. The number of hydrogen-bond acceptors (Lipinski definition) is 3. The third-order valence-electron chi connectivity index (χ3n) is 2.67. The fourth-order valence-electron chi connectivity index (χ4n) is 1.76. The van der Waals surface area contributed by atoms with Gasteiger partial charge in [-0.3, -0.25) is 4.98 Å². The van der Waals surface area contributed by atoms with Crippen LogP contribution in [0.5, 0.6) is 5.75 Å². The number of halogens is 1. The van der Waals surface area contributed by atoms with E-state index in [2.05, 4.69) is 20.9 Å². The molecule has 88 valence electrons. The molecule has 0 radical (unpaired) electrons. The van der Waals surface area contributed by atoms with Gasteiger partial charge in [-0.2, -0.15) is 0 Å². The molecule has 0 saturated carbocycles. The molecule has 0 N–H and O–H groups in total. The SMILES string of the molecule is BrCc1ccc(OCCC2CCCO2)cn1. The molecule has 1 unspecified atom stereocenters. The first-order chi connectivity index (χ1) is 7.88. The van der Waals surface area contributed by atoms with Gasteiger partial charge in [0.15, 0.2) is 0 Å². The Morgan fingerprint density at radius 1 is 1.50 bits per heavy atom. The Morgan fingerprint density at radius 3 is 3.06 bits per heavy atom. The summed E-state index contributed by atoms with van der Waals surface area (Å²) in [6.07, 6.45) is 5.50. The van der Waals surface area contributed by atoms with Crippen molar-refractivity contribution in [1.29, 1.82) is 0 Å². The predicted octanol–water partition coefficient (Wildman–Crippen LogP) is 2.92. The van der Waals surface area contributed by atoms with Crippen LogP contribution in [0.3, 0.4) is 0 Å². The molecule has 1 aromatic heterocycles. The molecule has 0 amide bonds. The lowest BCUT2D eigenvalue weighted by Gasteiger charge is -2.10. The Bertz CT molecular complexity index is 309.